The number of benzene rings is 1. The molecule has 0 fully saturated rings. The van der Waals surface area contributed by atoms with Gasteiger partial charge in [-0.2, -0.15) is 0 Å². The van der Waals surface area contributed by atoms with E-state index < -0.39 is 16.1 Å². The minimum absolute atomic E-state index is 0.206. The van der Waals surface area contributed by atoms with Gasteiger partial charge in [-0.05, 0) is 30.5 Å². The number of hydrogen-bond acceptors (Lipinski definition) is 5. The molecular formula is C20H27N5O3S2. The number of hydrogen-bond donors (Lipinski definition) is 4. The molecule has 0 bridgehead atoms. The van der Waals surface area contributed by atoms with Gasteiger partial charge in [-0.25, -0.2) is 13.1 Å². The first-order valence-electron chi connectivity index (χ1n) is 9.69. The second-order valence-corrected chi connectivity index (χ2v) is 9.64. The third-order valence-corrected chi connectivity index (χ3v) is 7.03. The number of nitrogens with zero attached hydrogens (tertiary/aromatic N) is 2. The van der Waals surface area contributed by atoms with Crippen LogP contribution in [-0.2, 0) is 17.1 Å². The third kappa shape index (κ3) is 5.82. The Kier molecular flexibility index (Phi) is 7.48. The van der Waals surface area contributed by atoms with Gasteiger partial charge in [0, 0.05) is 48.7 Å². The van der Waals surface area contributed by atoms with Crippen molar-refractivity contribution in [2.24, 2.45) is 12.0 Å². The number of guanidine groups is 1. The van der Waals surface area contributed by atoms with Crippen molar-refractivity contribution in [3.63, 3.8) is 0 Å². The van der Waals surface area contributed by atoms with Gasteiger partial charge in [0.25, 0.3) is 0 Å². The van der Waals surface area contributed by atoms with Crippen molar-refractivity contribution >= 4 is 37.4 Å². The molecule has 0 radical (unpaired) electrons. The van der Waals surface area contributed by atoms with E-state index >= 15 is 0 Å². The first kappa shape index (κ1) is 22.3. The number of aliphatic imine (C=N–C) groups is 1. The Balaban J connectivity index is 1.52. The molecule has 30 heavy (non-hydrogen) atoms. The first-order chi connectivity index (χ1) is 14.4. The molecule has 2 aromatic heterocycles. The van der Waals surface area contributed by atoms with E-state index in [0.29, 0.717) is 19.0 Å². The molecule has 0 aliphatic rings. The largest absolute Gasteiger partial charge is 0.386 e. The highest BCUT2D eigenvalue weighted by Crippen LogP contribution is 2.29. The van der Waals surface area contributed by atoms with Crippen LogP contribution in [0.2, 0.25) is 0 Å². The third-order valence-electron chi connectivity index (χ3n) is 4.36. The smallest absolute Gasteiger partial charge is 0.242 e. The lowest BCUT2D eigenvalue weighted by Crippen LogP contribution is -2.41. The maximum atomic E-state index is 12.2. The van der Waals surface area contributed by atoms with E-state index in [0.717, 1.165) is 15.0 Å². The molecule has 1 atom stereocenters. The summed E-state index contributed by atoms with van der Waals surface area (Å²) < 4.78 is 29.8. The molecule has 1 unspecified atom stereocenters. The molecule has 1 aromatic carbocycles. The van der Waals surface area contributed by atoms with Crippen molar-refractivity contribution in [1.82, 2.24) is 19.9 Å². The molecule has 8 nitrogen and oxygen atoms in total. The molecule has 3 rings (SSSR count). The Bertz CT molecular complexity index is 1070. The maximum absolute atomic E-state index is 12.2. The standard InChI is InChI=1S/C20H27N5O3S2/c1-3-21-20(22-9-10-24-30(27,28)16-8-11-25(2)14-16)23-13-17(26)19-12-15-6-4-5-7-18(15)29-19/h4-8,11-12,14,17,24,26H,3,9-10,13H2,1-2H3,(H2,21,22,23). The average molecular weight is 450 g/mol. The van der Waals surface area contributed by atoms with E-state index in [9.17, 15) is 13.5 Å². The lowest BCUT2D eigenvalue weighted by molar-refractivity contribution is 0.191. The summed E-state index contributed by atoms with van der Waals surface area (Å²) in [5, 5.41) is 17.8. The zero-order valence-electron chi connectivity index (χ0n) is 17.0. The number of fused-ring (bicyclic) bond motifs is 1. The van der Waals surface area contributed by atoms with Gasteiger partial charge in [0.2, 0.25) is 10.0 Å². The summed E-state index contributed by atoms with van der Waals surface area (Å²) in [5.41, 5.74) is 0. The van der Waals surface area contributed by atoms with E-state index in [1.807, 2.05) is 37.3 Å². The average Bonchev–Trinajstić information content (AvgIpc) is 3.35. The fourth-order valence-electron chi connectivity index (χ4n) is 2.86. The summed E-state index contributed by atoms with van der Waals surface area (Å²) >= 11 is 1.56. The van der Waals surface area contributed by atoms with Crippen LogP contribution in [-0.4, -0.2) is 50.2 Å². The highest BCUT2D eigenvalue weighted by molar-refractivity contribution is 7.89. The number of rotatable bonds is 9. The molecular weight excluding hydrogens is 422 g/mol. The minimum Gasteiger partial charge on any atom is -0.386 e. The number of nitrogens with one attached hydrogen (secondary N) is 3. The molecule has 0 spiro atoms. The Morgan fingerprint density at radius 2 is 2.03 bits per heavy atom. The molecule has 2 heterocycles. The van der Waals surface area contributed by atoms with Crippen molar-refractivity contribution in [2.75, 3.05) is 26.2 Å². The molecule has 4 N–H and O–H groups in total. The summed E-state index contributed by atoms with van der Waals surface area (Å²) in [6, 6.07) is 11.5. The van der Waals surface area contributed by atoms with E-state index in [1.165, 1.54) is 0 Å². The molecule has 162 valence electrons. The van der Waals surface area contributed by atoms with Gasteiger partial charge >= 0.3 is 0 Å². The number of aryl methyl sites for hydroxylation is 1. The monoisotopic (exact) mass is 449 g/mol. The fourth-order valence-corrected chi connectivity index (χ4v) is 4.99. The highest BCUT2D eigenvalue weighted by Gasteiger charge is 2.14. The summed E-state index contributed by atoms with van der Waals surface area (Å²) in [4.78, 5) is 5.53. The predicted molar refractivity (Wildman–Crippen MR) is 121 cm³/mol. The van der Waals surface area contributed by atoms with Gasteiger partial charge in [0.05, 0.1) is 11.4 Å². The number of sulfonamides is 1. The quantitative estimate of drug-likeness (QED) is 0.226. The van der Waals surface area contributed by atoms with E-state index in [2.05, 4.69) is 20.3 Å². The van der Waals surface area contributed by atoms with Crippen LogP contribution in [0.1, 0.15) is 17.9 Å². The van der Waals surface area contributed by atoms with Crippen LogP contribution in [0.3, 0.4) is 0 Å². The summed E-state index contributed by atoms with van der Waals surface area (Å²) in [6.07, 6.45) is 2.54. The zero-order valence-corrected chi connectivity index (χ0v) is 18.6. The Morgan fingerprint density at radius 1 is 1.23 bits per heavy atom. The number of aromatic nitrogens is 1. The van der Waals surface area contributed by atoms with Crippen molar-refractivity contribution in [3.8, 4) is 0 Å². The molecule has 3 aromatic rings. The number of aliphatic hydroxyl groups is 1. The summed E-state index contributed by atoms with van der Waals surface area (Å²) in [7, 11) is -1.76. The van der Waals surface area contributed by atoms with Gasteiger partial charge in [-0.15, -0.1) is 11.3 Å². The second-order valence-electron chi connectivity index (χ2n) is 6.76. The lowest BCUT2D eigenvalue weighted by Gasteiger charge is -2.13. The van der Waals surface area contributed by atoms with Crippen LogP contribution >= 0.6 is 11.3 Å². The SMILES string of the molecule is CCNC(=NCC(O)c1cc2ccccc2s1)NCCNS(=O)(=O)c1ccn(C)c1. The van der Waals surface area contributed by atoms with Gasteiger partial charge in [-0.3, -0.25) is 4.99 Å². The predicted octanol–water partition coefficient (Wildman–Crippen LogP) is 1.81. The summed E-state index contributed by atoms with van der Waals surface area (Å²) in [5.74, 6) is 0.525. The molecule has 0 saturated heterocycles. The molecule has 0 saturated carbocycles. The van der Waals surface area contributed by atoms with Gasteiger partial charge in [0.1, 0.15) is 6.10 Å². The van der Waals surface area contributed by atoms with E-state index in [1.54, 1.807) is 41.4 Å². The molecule has 10 heteroatoms. The van der Waals surface area contributed by atoms with Crippen LogP contribution in [0.15, 0.2) is 58.7 Å². The fraction of sp³-hybridized carbons (Fsp3) is 0.350. The van der Waals surface area contributed by atoms with E-state index in [-0.39, 0.29) is 18.0 Å². The topological polar surface area (TPSA) is 108 Å². The number of thiophene rings is 1. The maximum Gasteiger partial charge on any atom is 0.242 e. The minimum atomic E-state index is -3.53. The van der Waals surface area contributed by atoms with Crippen LogP contribution in [0.4, 0.5) is 0 Å². The van der Waals surface area contributed by atoms with Crippen LogP contribution in [0.25, 0.3) is 10.1 Å². The lowest BCUT2D eigenvalue weighted by atomic mass is 10.2. The van der Waals surface area contributed by atoms with Gasteiger partial charge < -0.3 is 20.3 Å². The van der Waals surface area contributed by atoms with Crippen molar-refractivity contribution in [2.45, 2.75) is 17.9 Å². The molecule has 0 aliphatic heterocycles. The normalized spacial score (nSPS) is 13.5. The summed E-state index contributed by atoms with van der Waals surface area (Å²) in [6.45, 7) is 3.37. The first-order valence-corrected chi connectivity index (χ1v) is 12.0. The Labute approximate surface area is 180 Å². The zero-order chi connectivity index (χ0) is 21.6. The second kappa shape index (κ2) is 10.1. The van der Waals surface area contributed by atoms with Crippen LogP contribution < -0.4 is 15.4 Å². The Hall–Kier alpha value is -2.40. The van der Waals surface area contributed by atoms with E-state index in [4.69, 9.17) is 0 Å². The van der Waals surface area contributed by atoms with Crippen molar-refractivity contribution < 1.29 is 13.5 Å². The molecule has 0 amide bonds. The van der Waals surface area contributed by atoms with Crippen LogP contribution in [0.5, 0.6) is 0 Å². The van der Waals surface area contributed by atoms with Gasteiger partial charge in [0.15, 0.2) is 5.96 Å². The van der Waals surface area contributed by atoms with Crippen molar-refractivity contribution in [3.05, 3.63) is 53.7 Å². The number of aliphatic hydroxyl groups excluding tert-OH is 1. The van der Waals surface area contributed by atoms with Gasteiger partial charge in [-0.1, -0.05) is 18.2 Å². The van der Waals surface area contributed by atoms with Crippen LogP contribution in [0, 0.1) is 0 Å². The Morgan fingerprint density at radius 3 is 2.73 bits per heavy atom. The molecule has 0 aliphatic carbocycles. The highest BCUT2D eigenvalue weighted by atomic mass is 32.2. The van der Waals surface area contributed by atoms with Crippen molar-refractivity contribution in [1.29, 1.82) is 0 Å².